The van der Waals surface area contributed by atoms with Gasteiger partial charge in [-0.3, -0.25) is 14.4 Å². The lowest BCUT2D eigenvalue weighted by Crippen LogP contribution is -2.52. The number of carbonyl (C=O) groups is 1. The molecule has 0 bridgehead atoms. The number of rotatable bonds is 4. The minimum Gasteiger partial charge on any atom is -0.336 e. The van der Waals surface area contributed by atoms with Gasteiger partial charge in [-0.2, -0.15) is 5.10 Å². The van der Waals surface area contributed by atoms with Crippen molar-refractivity contribution in [2.75, 3.05) is 26.2 Å². The first-order chi connectivity index (χ1) is 12.8. The Hall–Kier alpha value is -2.14. The number of nitrogens with zero attached hydrogens (tertiary/aromatic N) is 4. The van der Waals surface area contributed by atoms with Crippen LogP contribution in [0.1, 0.15) is 48.0 Å². The molecule has 2 aromatic rings. The molecule has 1 aliphatic heterocycles. The fourth-order valence-corrected chi connectivity index (χ4v) is 4.30. The lowest BCUT2D eigenvalue weighted by Gasteiger charge is -2.40. The van der Waals surface area contributed by atoms with Crippen molar-refractivity contribution in [3.8, 4) is 0 Å². The van der Waals surface area contributed by atoms with Gasteiger partial charge in [0.2, 0.25) is 0 Å². The van der Waals surface area contributed by atoms with Crippen molar-refractivity contribution in [2.45, 2.75) is 44.7 Å². The molecule has 138 valence electrons. The molecule has 0 radical (unpaired) electrons. The highest BCUT2D eigenvalue weighted by Gasteiger charge is 2.27. The third-order valence-corrected chi connectivity index (χ3v) is 5.77. The number of hydrogen-bond donors (Lipinski definition) is 0. The van der Waals surface area contributed by atoms with E-state index in [0.717, 1.165) is 43.3 Å². The maximum absolute atomic E-state index is 12.9. The number of amides is 1. The molecule has 1 amide bonds. The van der Waals surface area contributed by atoms with Crippen LogP contribution >= 0.6 is 0 Å². The van der Waals surface area contributed by atoms with E-state index in [-0.39, 0.29) is 5.91 Å². The number of piperazine rings is 1. The Labute approximate surface area is 155 Å². The lowest BCUT2D eigenvalue weighted by molar-refractivity contribution is 0.0523. The van der Waals surface area contributed by atoms with E-state index in [2.05, 4.69) is 16.1 Å². The molecule has 0 atom stereocenters. The fraction of sp³-hybridized carbons (Fsp3) is 0.524. The molecule has 5 nitrogen and oxygen atoms in total. The van der Waals surface area contributed by atoms with E-state index < -0.39 is 0 Å². The Balaban J connectivity index is 1.36. The van der Waals surface area contributed by atoms with Gasteiger partial charge < -0.3 is 4.90 Å². The molecule has 1 saturated heterocycles. The lowest BCUT2D eigenvalue weighted by atomic mass is 9.94. The minimum atomic E-state index is 0.163. The molecule has 1 saturated carbocycles. The molecule has 5 heteroatoms. The van der Waals surface area contributed by atoms with E-state index in [9.17, 15) is 4.79 Å². The second-order valence-electron chi connectivity index (χ2n) is 7.52. The Morgan fingerprint density at radius 3 is 2.58 bits per heavy atom. The quantitative estimate of drug-likeness (QED) is 0.849. The average molecular weight is 352 g/mol. The third-order valence-electron chi connectivity index (χ3n) is 5.77. The van der Waals surface area contributed by atoms with Crippen LogP contribution in [-0.2, 0) is 6.54 Å². The first kappa shape index (κ1) is 17.3. The van der Waals surface area contributed by atoms with E-state index in [1.165, 1.54) is 32.1 Å². The number of carbonyl (C=O) groups excluding carboxylic acids is 1. The van der Waals surface area contributed by atoms with E-state index in [1.807, 2.05) is 40.0 Å². The highest BCUT2D eigenvalue weighted by atomic mass is 16.2. The maximum atomic E-state index is 12.9. The zero-order valence-electron chi connectivity index (χ0n) is 15.4. The molecule has 1 aliphatic carbocycles. The normalized spacial score (nSPS) is 19.6. The van der Waals surface area contributed by atoms with Crippen molar-refractivity contribution in [3.63, 3.8) is 0 Å². The molecule has 2 heterocycles. The number of aromatic nitrogens is 2. The third kappa shape index (κ3) is 3.98. The van der Waals surface area contributed by atoms with Gasteiger partial charge >= 0.3 is 0 Å². The predicted octanol–water partition coefficient (Wildman–Crippen LogP) is 3.02. The highest BCUT2D eigenvalue weighted by molar-refractivity contribution is 5.94. The summed E-state index contributed by atoms with van der Waals surface area (Å²) < 4.78 is 1.88. The molecule has 4 rings (SSSR count). The summed E-state index contributed by atoms with van der Waals surface area (Å²) in [6.45, 7) is 4.42. The monoisotopic (exact) mass is 352 g/mol. The molecule has 0 unspecified atom stereocenters. The van der Waals surface area contributed by atoms with Crippen LogP contribution in [0.25, 0.3) is 0 Å². The Morgan fingerprint density at radius 1 is 1.04 bits per heavy atom. The maximum Gasteiger partial charge on any atom is 0.253 e. The van der Waals surface area contributed by atoms with E-state index in [1.54, 1.807) is 6.20 Å². The Kier molecular flexibility index (Phi) is 5.34. The van der Waals surface area contributed by atoms with E-state index >= 15 is 0 Å². The van der Waals surface area contributed by atoms with Crippen molar-refractivity contribution in [2.24, 2.45) is 0 Å². The van der Waals surface area contributed by atoms with Crippen molar-refractivity contribution in [3.05, 3.63) is 53.9 Å². The van der Waals surface area contributed by atoms with Crippen LogP contribution < -0.4 is 0 Å². The first-order valence-corrected chi connectivity index (χ1v) is 9.89. The van der Waals surface area contributed by atoms with Gasteiger partial charge in [-0.1, -0.05) is 31.4 Å². The summed E-state index contributed by atoms with van der Waals surface area (Å²) >= 11 is 0. The smallest absolute Gasteiger partial charge is 0.253 e. The summed E-state index contributed by atoms with van der Waals surface area (Å²) in [5, 5.41) is 4.24. The van der Waals surface area contributed by atoms with E-state index in [4.69, 9.17) is 0 Å². The molecule has 1 aromatic carbocycles. The van der Waals surface area contributed by atoms with Crippen LogP contribution in [0, 0.1) is 0 Å². The van der Waals surface area contributed by atoms with Crippen LogP contribution in [0.5, 0.6) is 0 Å². The summed E-state index contributed by atoms with van der Waals surface area (Å²) in [4.78, 5) is 17.6. The van der Waals surface area contributed by atoms with Crippen molar-refractivity contribution < 1.29 is 4.79 Å². The predicted molar refractivity (Wildman–Crippen MR) is 102 cm³/mol. The van der Waals surface area contributed by atoms with E-state index in [0.29, 0.717) is 6.54 Å². The standard InChI is InChI=1S/C21H28N4O/c26-21(19-7-4-6-18(16-19)17-25-11-5-10-22-25)24-14-12-23(13-15-24)20-8-2-1-3-9-20/h4-7,10-11,16,20H,1-3,8-9,12-15,17H2. The molecule has 0 N–H and O–H groups in total. The van der Waals surface area contributed by atoms with Crippen LogP contribution in [-0.4, -0.2) is 57.7 Å². The van der Waals surface area contributed by atoms with Crippen LogP contribution in [0.15, 0.2) is 42.7 Å². The molecule has 2 aliphatic rings. The topological polar surface area (TPSA) is 41.4 Å². The largest absolute Gasteiger partial charge is 0.336 e. The van der Waals surface area contributed by atoms with Crippen LogP contribution in [0.3, 0.4) is 0 Å². The molecular weight excluding hydrogens is 324 g/mol. The fourth-order valence-electron chi connectivity index (χ4n) is 4.30. The second kappa shape index (κ2) is 8.04. The second-order valence-corrected chi connectivity index (χ2v) is 7.52. The molecule has 26 heavy (non-hydrogen) atoms. The number of benzene rings is 1. The minimum absolute atomic E-state index is 0.163. The van der Waals surface area contributed by atoms with Gasteiger partial charge in [0.15, 0.2) is 0 Å². The molecular formula is C21H28N4O. The molecule has 2 fully saturated rings. The summed E-state index contributed by atoms with van der Waals surface area (Å²) in [6.07, 6.45) is 10.5. The van der Waals surface area contributed by atoms with Crippen LogP contribution in [0.4, 0.5) is 0 Å². The van der Waals surface area contributed by atoms with Crippen LogP contribution in [0.2, 0.25) is 0 Å². The van der Waals surface area contributed by atoms with Gasteiger partial charge in [0, 0.05) is 50.2 Å². The summed E-state index contributed by atoms with van der Waals surface area (Å²) in [6, 6.07) is 10.6. The number of hydrogen-bond acceptors (Lipinski definition) is 3. The zero-order valence-corrected chi connectivity index (χ0v) is 15.4. The summed E-state index contributed by atoms with van der Waals surface area (Å²) in [5.74, 6) is 0.163. The Morgan fingerprint density at radius 2 is 1.85 bits per heavy atom. The molecule has 1 aromatic heterocycles. The van der Waals surface area contributed by atoms with Gasteiger partial charge in [-0.25, -0.2) is 0 Å². The SMILES string of the molecule is O=C(c1cccc(Cn2cccn2)c1)N1CCN(C2CCCCC2)CC1. The highest BCUT2D eigenvalue weighted by Crippen LogP contribution is 2.24. The van der Waals surface area contributed by atoms with Gasteiger partial charge in [0.25, 0.3) is 5.91 Å². The van der Waals surface area contributed by atoms with Crippen molar-refractivity contribution >= 4 is 5.91 Å². The molecule has 0 spiro atoms. The van der Waals surface area contributed by atoms with Gasteiger partial charge in [0.05, 0.1) is 6.54 Å². The summed E-state index contributed by atoms with van der Waals surface area (Å²) in [7, 11) is 0. The van der Waals surface area contributed by atoms with Gasteiger partial charge in [-0.15, -0.1) is 0 Å². The Bertz CT molecular complexity index is 713. The van der Waals surface area contributed by atoms with Gasteiger partial charge in [-0.05, 0) is 36.6 Å². The van der Waals surface area contributed by atoms with Crippen molar-refractivity contribution in [1.29, 1.82) is 0 Å². The summed E-state index contributed by atoms with van der Waals surface area (Å²) in [5.41, 5.74) is 1.90. The zero-order chi connectivity index (χ0) is 17.8. The van der Waals surface area contributed by atoms with Gasteiger partial charge in [0.1, 0.15) is 0 Å². The average Bonchev–Trinajstić information content (AvgIpc) is 3.21. The van der Waals surface area contributed by atoms with Crippen molar-refractivity contribution in [1.82, 2.24) is 19.6 Å². The first-order valence-electron chi connectivity index (χ1n) is 9.89.